The summed E-state index contributed by atoms with van der Waals surface area (Å²) < 4.78 is 3.93. The van der Waals surface area contributed by atoms with E-state index in [1.54, 1.807) is 29.4 Å². The van der Waals surface area contributed by atoms with E-state index in [9.17, 15) is 0 Å². The molecule has 0 unspecified atom stereocenters. The van der Waals surface area contributed by atoms with E-state index in [2.05, 4.69) is 30.8 Å². The van der Waals surface area contributed by atoms with Crippen LogP contribution in [0.4, 0.5) is 0 Å². The normalized spacial score (nSPS) is 10.1. The van der Waals surface area contributed by atoms with Crippen LogP contribution < -0.4 is 18.9 Å². The van der Waals surface area contributed by atoms with Gasteiger partial charge in [-0.1, -0.05) is 200 Å². The van der Waals surface area contributed by atoms with E-state index in [1.165, 1.54) is 186 Å². The summed E-state index contributed by atoms with van der Waals surface area (Å²) in [4.78, 5) is 0. The molecule has 238 valence electrons. The van der Waals surface area contributed by atoms with Crippen molar-refractivity contribution < 1.29 is 21.9 Å². The smallest absolute Gasteiger partial charge is 0.620 e. The zero-order valence-electron chi connectivity index (χ0n) is 28.1. The minimum absolute atomic E-state index is 0. The summed E-state index contributed by atoms with van der Waals surface area (Å²) in [6, 6.07) is 0. The fourth-order valence-electron chi connectivity index (χ4n) is 4.92. The maximum atomic E-state index is 5.97. The second kappa shape index (κ2) is 52.4. The largest absolute Gasteiger partial charge is 1.00 e. The first-order valence-corrected chi connectivity index (χ1v) is 18.4. The van der Waals surface area contributed by atoms with Crippen LogP contribution in [0.15, 0.2) is 0 Å². The molecule has 0 bridgehead atoms. The van der Waals surface area contributed by atoms with Crippen LogP contribution in [0.25, 0.3) is 0 Å². The average molecular weight is 670 g/mol. The van der Waals surface area contributed by atoms with Gasteiger partial charge in [0.05, 0.1) is 0 Å². The van der Waals surface area contributed by atoms with Crippen LogP contribution >= 0.6 is 23.0 Å². The quantitative estimate of drug-likeness (QED) is 0.0203. The van der Waals surface area contributed by atoms with Crippen molar-refractivity contribution in [3.8, 4) is 0 Å². The summed E-state index contributed by atoms with van der Waals surface area (Å²) in [7, 11) is 0. The number of hydrogen-bond donors (Lipinski definition) is 1. The van der Waals surface area contributed by atoms with Crippen molar-refractivity contribution in [3.05, 3.63) is 13.8 Å². The van der Waals surface area contributed by atoms with Gasteiger partial charge in [-0.2, -0.15) is 19.2 Å². The van der Waals surface area contributed by atoms with Crippen LogP contribution in [0.3, 0.4) is 0 Å². The van der Waals surface area contributed by atoms with Crippen molar-refractivity contribution in [1.29, 1.82) is 5.41 Å². The Balaban J connectivity index is -0.000000279. The Hall–Kier alpha value is 0.797. The molecule has 0 heterocycles. The molecule has 0 spiro atoms. The standard InChI is InChI=1S/C18H37.C17H35.CHINO.Li/c1-3-5-7-9-11-13-15-17-18-16-14-12-10-8-6-4-2;1-3-5-7-9-11-13-15-17-16-14-12-10-8-6-4-2;2-4-1-3;/h1,3-18H2,2H3;1,3-17H2,2H3;3H;/q3*-1;+1. The molecule has 40 heavy (non-hydrogen) atoms. The SMILES string of the molecule is N=[C-]OI.[CH2-]CCCCCCCCCCCCCCCC.[CH2-]CCCCCCCCCCCCCCCCC.[Li+]. The summed E-state index contributed by atoms with van der Waals surface area (Å²) in [5.41, 5.74) is 0. The first kappa shape index (κ1) is 47.7. The molecular weight excluding hydrogens is 596 g/mol. The maximum Gasteiger partial charge on any atom is 1.00 e. The first-order chi connectivity index (χ1) is 19.2. The Labute approximate surface area is 281 Å². The second-order valence-electron chi connectivity index (χ2n) is 11.4. The van der Waals surface area contributed by atoms with E-state index in [4.69, 9.17) is 5.41 Å². The predicted octanol–water partition coefficient (Wildman–Crippen LogP) is 11.6. The van der Waals surface area contributed by atoms with Crippen molar-refractivity contribution in [2.75, 3.05) is 0 Å². The van der Waals surface area contributed by atoms with Gasteiger partial charge in [-0.25, -0.2) is 0 Å². The van der Waals surface area contributed by atoms with Crippen molar-refractivity contribution >= 4 is 29.4 Å². The van der Waals surface area contributed by atoms with Gasteiger partial charge in [0.1, 0.15) is 0 Å². The molecule has 0 amide bonds. The fourth-order valence-corrected chi connectivity index (χ4v) is 4.92. The van der Waals surface area contributed by atoms with Crippen LogP contribution in [-0.2, 0) is 3.07 Å². The Bertz CT molecular complexity index is 354. The van der Waals surface area contributed by atoms with E-state index in [-0.39, 0.29) is 18.9 Å². The number of hydrogen-bond acceptors (Lipinski definition) is 2. The van der Waals surface area contributed by atoms with Crippen molar-refractivity contribution in [2.24, 2.45) is 0 Å². The zero-order valence-corrected chi connectivity index (χ0v) is 30.3. The fraction of sp³-hybridized carbons (Fsp3) is 0.917. The van der Waals surface area contributed by atoms with Gasteiger partial charge < -0.3 is 22.3 Å². The maximum absolute atomic E-state index is 5.97. The van der Waals surface area contributed by atoms with E-state index >= 15 is 0 Å². The first-order valence-electron chi connectivity index (χ1n) is 17.5. The van der Waals surface area contributed by atoms with Crippen LogP contribution in [0, 0.1) is 19.3 Å². The van der Waals surface area contributed by atoms with Gasteiger partial charge in [0.2, 0.25) is 0 Å². The van der Waals surface area contributed by atoms with Gasteiger partial charge in [-0.05, 0) is 0 Å². The van der Waals surface area contributed by atoms with Crippen LogP contribution in [0.5, 0.6) is 0 Å². The number of nitrogens with one attached hydrogen (secondary N) is 1. The predicted molar refractivity (Wildman–Crippen MR) is 188 cm³/mol. The van der Waals surface area contributed by atoms with Crippen molar-refractivity contribution in [2.45, 2.75) is 213 Å². The van der Waals surface area contributed by atoms with Crippen molar-refractivity contribution in [3.63, 3.8) is 0 Å². The molecule has 0 aliphatic rings. The van der Waals surface area contributed by atoms with Crippen molar-refractivity contribution in [1.82, 2.24) is 0 Å². The molecule has 4 heteroatoms. The molecule has 0 aromatic rings. The Morgan fingerprint density at radius 2 is 0.575 bits per heavy atom. The second-order valence-corrected chi connectivity index (χ2v) is 11.9. The van der Waals surface area contributed by atoms with E-state index < -0.39 is 0 Å². The van der Waals surface area contributed by atoms with Gasteiger partial charge in [-0.15, -0.1) is 0 Å². The Morgan fingerprint density at radius 3 is 0.700 bits per heavy atom. The molecule has 0 aromatic carbocycles. The minimum Gasteiger partial charge on any atom is -0.620 e. The summed E-state index contributed by atoms with van der Waals surface area (Å²) in [6.45, 7) is 12.3. The summed E-state index contributed by atoms with van der Waals surface area (Å²) in [6.07, 6.45) is 45.8. The number of unbranched alkanes of at least 4 members (excludes halogenated alkanes) is 29. The molecule has 0 fully saturated rings. The number of rotatable bonds is 30. The molecular formula is C36H73ILiNO-2. The monoisotopic (exact) mass is 669 g/mol. The van der Waals surface area contributed by atoms with Crippen LogP contribution in [-0.4, -0.2) is 6.40 Å². The van der Waals surface area contributed by atoms with E-state index in [0.717, 1.165) is 12.8 Å². The van der Waals surface area contributed by atoms with Gasteiger partial charge in [-0.3, -0.25) is 0 Å². The van der Waals surface area contributed by atoms with E-state index in [0.29, 0.717) is 0 Å². The summed E-state index contributed by atoms with van der Waals surface area (Å²) >= 11 is 1.55. The van der Waals surface area contributed by atoms with E-state index in [1.807, 2.05) is 0 Å². The Morgan fingerprint density at radius 1 is 0.425 bits per heavy atom. The molecule has 0 saturated carbocycles. The summed E-state index contributed by atoms with van der Waals surface area (Å²) in [5.74, 6) is 0. The topological polar surface area (TPSA) is 33.1 Å². The molecule has 0 saturated heterocycles. The van der Waals surface area contributed by atoms with Gasteiger partial charge in [0, 0.05) is 0 Å². The molecule has 2 nitrogen and oxygen atoms in total. The molecule has 0 radical (unpaired) electrons. The van der Waals surface area contributed by atoms with Gasteiger partial charge in [0.15, 0.2) is 23.0 Å². The van der Waals surface area contributed by atoms with Gasteiger partial charge >= 0.3 is 18.9 Å². The molecule has 1 N–H and O–H groups in total. The molecule has 0 aromatic heterocycles. The third-order valence-corrected chi connectivity index (χ3v) is 7.72. The summed E-state index contributed by atoms with van der Waals surface area (Å²) in [5, 5.41) is 5.97. The van der Waals surface area contributed by atoms with Crippen LogP contribution in [0.2, 0.25) is 0 Å². The molecule has 0 aliphatic carbocycles. The third-order valence-electron chi connectivity index (χ3n) is 7.50. The third kappa shape index (κ3) is 58.4. The number of halogens is 1. The zero-order chi connectivity index (χ0) is 29.3. The van der Waals surface area contributed by atoms with Gasteiger partial charge in [0.25, 0.3) is 0 Å². The Kier molecular flexibility index (Phi) is 62.6. The average Bonchev–Trinajstić information content (AvgIpc) is 2.96. The molecule has 0 rings (SSSR count). The molecule has 0 aliphatic heterocycles. The minimum atomic E-state index is 0. The molecule has 0 atom stereocenters. The van der Waals surface area contributed by atoms with Crippen LogP contribution in [0.1, 0.15) is 213 Å².